The number of hydrogen-bond donors (Lipinski definition) is 0. The summed E-state index contributed by atoms with van der Waals surface area (Å²) in [6.45, 7) is 4.49. The molecule has 0 unspecified atom stereocenters. The van der Waals surface area contributed by atoms with E-state index in [4.69, 9.17) is 0 Å². The van der Waals surface area contributed by atoms with Gasteiger partial charge in [-0.1, -0.05) is 30.3 Å². The lowest BCUT2D eigenvalue weighted by Gasteiger charge is -2.36. The first-order valence-corrected chi connectivity index (χ1v) is 10.2. The Hall–Kier alpha value is -3.75. The summed E-state index contributed by atoms with van der Waals surface area (Å²) in [6.07, 6.45) is 1.37. The molecule has 1 fully saturated rings. The Kier molecular flexibility index (Phi) is 5.92. The molecule has 0 bridgehead atoms. The number of halogens is 1. The normalized spacial score (nSPS) is 13.9. The van der Waals surface area contributed by atoms with Crippen LogP contribution in [0.3, 0.4) is 0 Å². The molecule has 9 heteroatoms. The largest absolute Gasteiger partial charge is 0.366 e. The van der Waals surface area contributed by atoms with Crippen molar-refractivity contribution < 1.29 is 9.31 Å². The summed E-state index contributed by atoms with van der Waals surface area (Å²) in [6, 6.07) is 16.1. The minimum absolute atomic E-state index is 0.118. The maximum absolute atomic E-state index is 14.1. The average Bonchev–Trinajstić information content (AvgIpc) is 2.80. The molecule has 0 spiro atoms. The number of anilines is 4. The van der Waals surface area contributed by atoms with Crippen LogP contribution in [0.15, 0.2) is 60.9 Å². The zero-order chi connectivity index (χ0) is 21.8. The van der Waals surface area contributed by atoms with Crippen molar-refractivity contribution in [2.75, 3.05) is 47.4 Å². The van der Waals surface area contributed by atoms with Crippen LogP contribution in [-0.2, 0) is 0 Å². The van der Waals surface area contributed by atoms with E-state index in [9.17, 15) is 14.5 Å². The quantitative estimate of drug-likeness (QED) is 0.439. The number of nitro groups is 1. The van der Waals surface area contributed by atoms with Gasteiger partial charge in [0.2, 0.25) is 11.6 Å². The average molecular weight is 422 g/mol. The number of piperazine rings is 1. The highest BCUT2D eigenvalue weighted by molar-refractivity contribution is 5.76. The Balaban J connectivity index is 1.63. The van der Waals surface area contributed by atoms with Crippen LogP contribution in [0.2, 0.25) is 0 Å². The molecule has 31 heavy (non-hydrogen) atoms. The second kappa shape index (κ2) is 8.95. The summed E-state index contributed by atoms with van der Waals surface area (Å²) in [4.78, 5) is 25.8. The van der Waals surface area contributed by atoms with Gasteiger partial charge in [-0.3, -0.25) is 10.1 Å². The fraction of sp³-hybridized carbons (Fsp3) is 0.273. The maximum Gasteiger partial charge on any atom is 0.353 e. The van der Waals surface area contributed by atoms with E-state index in [0.29, 0.717) is 38.4 Å². The molecule has 3 aromatic rings. The number of hydrogen-bond acceptors (Lipinski definition) is 7. The first kappa shape index (κ1) is 20.5. The van der Waals surface area contributed by atoms with Crippen molar-refractivity contribution in [3.8, 4) is 0 Å². The monoisotopic (exact) mass is 422 g/mol. The van der Waals surface area contributed by atoms with Crippen molar-refractivity contribution in [3.63, 3.8) is 0 Å². The van der Waals surface area contributed by atoms with Crippen LogP contribution in [0.4, 0.5) is 33.1 Å². The number of nitrogens with zero attached hydrogens (tertiary/aromatic N) is 6. The van der Waals surface area contributed by atoms with Gasteiger partial charge in [0.1, 0.15) is 12.1 Å². The zero-order valence-electron chi connectivity index (χ0n) is 17.2. The number of aromatic nitrogens is 2. The second-order valence-corrected chi connectivity index (χ2v) is 7.13. The molecule has 4 rings (SSSR count). The van der Waals surface area contributed by atoms with Crippen LogP contribution < -0.4 is 14.7 Å². The summed E-state index contributed by atoms with van der Waals surface area (Å²) < 4.78 is 14.1. The second-order valence-electron chi connectivity index (χ2n) is 7.13. The van der Waals surface area contributed by atoms with Crippen LogP contribution in [0.1, 0.15) is 6.92 Å². The van der Waals surface area contributed by atoms with Crippen molar-refractivity contribution in [2.24, 2.45) is 0 Å². The smallest absolute Gasteiger partial charge is 0.353 e. The molecule has 1 aromatic heterocycles. The SMILES string of the molecule is CCN(c1ccccc1)c1ncnc(N2CCN(c3ccccc3F)CC2)c1[N+](=O)[O-]. The predicted octanol–water partition coefficient (Wildman–Crippen LogP) is 4.01. The third-order valence-corrected chi connectivity index (χ3v) is 5.38. The number of para-hydroxylation sites is 2. The molecule has 160 valence electrons. The van der Waals surface area contributed by atoms with Crippen LogP contribution in [0, 0.1) is 15.9 Å². The van der Waals surface area contributed by atoms with Gasteiger partial charge in [-0.15, -0.1) is 0 Å². The fourth-order valence-corrected chi connectivity index (χ4v) is 3.88. The molecule has 2 heterocycles. The molecule has 1 aliphatic rings. The van der Waals surface area contributed by atoms with E-state index in [1.165, 1.54) is 12.4 Å². The van der Waals surface area contributed by atoms with Crippen molar-refractivity contribution in [2.45, 2.75) is 6.92 Å². The van der Waals surface area contributed by atoms with Gasteiger partial charge >= 0.3 is 5.69 Å². The summed E-state index contributed by atoms with van der Waals surface area (Å²) in [5.74, 6) is 0.283. The molecule has 1 saturated heterocycles. The molecular weight excluding hydrogens is 399 g/mol. The molecule has 0 N–H and O–H groups in total. The molecule has 1 aliphatic heterocycles. The van der Waals surface area contributed by atoms with E-state index in [0.717, 1.165) is 5.69 Å². The Morgan fingerprint density at radius 3 is 2.29 bits per heavy atom. The number of rotatable bonds is 6. The van der Waals surface area contributed by atoms with Gasteiger partial charge in [-0.25, -0.2) is 14.4 Å². The fourth-order valence-electron chi connectivity index (χ4n) is 3.88. The van der Waals surface area contributed by atoms with E-state index in [1.807, 2.05) is 47.1 Å². The molecule has 0 radical (unpaired) electrons. The van der Waals surface area contributed by atoms with E-state index >= 15 is 0 Å². The van der Waals surface area contributed by atoms with Crippen molar-refractivity contribution in [1.29, 1.82) is 0 Å². The van der Waals surface area contributed by atoms with E-state index in [2.05, 4.69) is 9.97 Å². The van der Waals surface area contributed by atoms with Crippen molar-refractivity contribution >= 4 is 28.7 Å². The summed E-state index contributed by atoms with van der Waals surface area (Å²) in [5, 5.41) is 12.1. The highest BCUT2D eigenvalue weighted by atomic mass is 19.1. The summed E-state index contributed by atoms with van der Waals surface area (Å²) in [5.41, 5.74) is 1.25. The molecule has 0 atom stereocenters. The molecule has 0 saturated carbocycles. The van der Waals surface area contributed by atoms with Gasteiger partial charge < -0.3 is 14.7 Å². The zero-order valence-corrected chi connectivity index (χ0v) is 17.2. The predicted molar refractivity (Wildman–Crippen MR) is 119 cm³/mol. The van der Waals surface area contributed by atoms with E-state index < -0.39 is 4.92 Å². The van der Waals surface area contributed by atoms with Crippen LogP contribution in [0.5, 0.6) is 0 Å². The molecule has 8 nitrogen and oxygen atoms in total. The maximum atomic E-state index is 14.1. The Morgan fingerprint density at radius 2 is 1.65 bits per heavy atom. The van der Waals surface area contributed by atoms with Crippen LogP contribution in [-0.4, -0.2) is 47.6 Å². The van der Waals surface area contributed by atoms with Crippen LogP contribution >= 0.6 is 0 Å². The van der Waals surface area contributed by atoms with Gasteiger partial charge in [0.05, 0.1) is 10.6 Å². The lowest BCUT2D eigenvalue weighted by atomic mass is 10.2. The lowest BCUT2D eigenvalue weighted by molar-refractivity contribution is -0.383. The Morgan fingerprint density at radius 1 is 1.00 bits per heavy atom. The summed E-state index contributed by atoms with van der Waals surface area (Å²) >= 11 is 0. The highest BCUT2D eigenvalue weighted by Gasteiger charge is 2.32. The van der Waals surface area contributed by atoms with Crippen LogP contribution in [0.25, 0.3) is 0 Å². The highest BCUT2D eigenvalue weighted by Crippen LogP contribution is 2.37. The molecule has 0 aliphatic carbocycles. The Bertz CT molecular complexity index is 1060. The molecule has 2 aromatic carbocycles. The molecule has 0 amide bonds. The minimum atomic E-state index is -0.417. The van der Waals surface area contributed by atoms with Gasteiger partial charge in [0, 0.05) is 38.4 Å². The number of benzene rings is 2. The first-order valence-electron chi connectivity index (χ1n) is 10.2. The van der Waals surface area contributed by atoms with Gasteiger partial charge in [-0.05, 0) is 31.2 Å². The lowest BCUT2D eigenvalue weighted by Crippen LogP contribution is -2.47. The topological polar surface area (TPSA) is 78.6 Å². The van der Waals surface area contributed by atoms with Crippen molar-refractivity contribution in [1.82, 2.24) is 9.97 Å². The van der Waals surface area contributed by atoms with Crippen molar-refractivity contribution in [3.05, 3.63) is 76.9 Å². The first-order chi connectivity index (χ1) is 15.1. The Labute approximate surface area is 179 Å². The van der Waals surface area contributed by atoms with Gasteiger partial charge in [-0.2, -0.15) is 0 Å². The minimum Gasteiger partial charge on any atom is -0.366 e. The summed E-state index contributed by atoms with van der Waals surface area (Å²) in [7, 11) is 0. The standard InChI is InChI=1S/C22H23FN6O2/c1-2-28(17-8-4-3-5-9-17)22-20(29(30)31)21(24-16-25-22)27-14-12-26(13-15-27)19-11-7-6-10-18(19)23/h3-11,16H,2,12-15H2,1H3. The third kappa shape index (κ3) is 4.11. The molecular formula is C22H23FN6O2. The van der Waals surface area contributed by atoms with E-state index in [-0.39, 0.29) is 23.1 Å². The van der Waals surface area contributed by atoms with Gasteiger partial charge in [0.15, 0.2) is 0 Å². The van der Waals surface area contributed by atoms with Gasteiger partial charge in [0.25, 0.3) is 0 Å². The van der Waals surface area contributed by atoms with E-state index in [1.54, 1.807) is 23.1 Å². The third-order valence-electron chi connectivity index (χ3n) is 5.38.